The molecule has 0 radical (unpaired) electrons. The Balaban J connectivity index is 1.67. The van der Waals surface area contributed by atoms with Crippen molar-refractivity contribution in [1.29, 1.82) is 0 Å². The largest absolute Gasteiger partial charge is 0.352 e. The van der Waals surface area contributed by atoms with Crippen LogP contribution in [0.15, 0.2) is 53.4 Å². The summed E-state index contributed by atoms with van der Waals surface area (Å²) >= 11 is 1.72. The zero-order valence-electron chi connectivity index (χ0n) is 12.6. The number of rotatable bonds is 6. The highest BCUT2D eigenvalue weighted by Crippen LogP contribution is 2.18. The van der Waals surface area contributed by atoms with Crippen molar-refractivity contribution in [1.82, 2.24) is 5.32 Å². The molecule has 0 heterocycles. The first-order chi connectivity index (χ1) is 10.1. The fourth-order valence-corrected chi connectivity index (χ4v) is 2.74. The van der Waals surface area contributed by atoms with Crippen molar-refractivity contribution >= 4 is 17.7 Å². The lowest BCUT2D eigenvalue weighted by molar-refractivity contribution is -0.120. The second-order valence-electron chi connectivity index (χ2n) is 5.17. The van der Waals surface area contributed by atoms with Gasteiger partial charge in [0.05, 0.1) is 0 Å². The zero-order chi connectivity index (χ0) is 15.1. The molecule has 2 aromatic carbocycles. The van der Waals surface area contributed by atoms with E-state index in [9.17, 15) is 4.79 Å². The Morgan fingerprint density at radius 1 is 0.952 bits per heavy atom. The van der Waals surface area contributed by atoms with Gasteiger partial charge in [0.2, 0.25) is 5.91 Å². The number of aryl methyl sites for hydroxylation is 2. The Hall–Kier alpha value is -1.74. The SMILES string of the molecule is Cc1ccc(CNC(=O)CCSc2ccc(C)cc2)cc1. The lowest BCUT2D eigenvalue weighted by atomic mass is 10.1. The monoisotopic (exact) mass is 299 g/mol. The van der Waals surface area contributed by atoms with Crippen molar-refractivity contribution in [3.05, 3.63) is 65.2 Å². The molecule has 0 aliphatic rings. The van der Waals surface area contributed by atoms with E-state index in [1.807, 2.05) is 0 Å². The number of hydrogen-bond acceptors (Lipinski definition) is 2. The molecular weight excluding hydrogens is 278 g/mol. The predicted molar refractivity (Wildman–Crippen MR) is 89.5 cm³/mol. The molecule has 3 heteroatoms. The van der Waals surface area contributed by atoms with E-state index in [1.165, 1.54) is 16.0 Å². The first kappa shape index (κ1) is 15.6. The van der Waals surface area contributed by atoms with Crippen LogP contribution in [-0.4, -0.2) is 11.7 Å². The van der Waals surface area contributed by atoms with Crippen LogP contribution >= 0.6 is 11.8 Å². The van der Waals surface area contributed by atoms with E-state index in [-0.39, 0.29) is 5.91 Å². The maximum atomic E-state index is 11.8. The average Bonchev–Trinajstić information content (AvgIpc) is 2.49. The summed E-state index contributed by atoms with van der Waals surface area (Å²) in [6.45, 7) is 4.74. The van der Waals surface area contributed by atoms with Gasteiger partial charge in [0.1, 0.15) is 0 Å². The van der Waals surface area contributed by atoms with Crippen LogP contribution in [0.25, 0.3) is 0 Å². The van der Waals surface area contributed by atoms with Gasteiger partial charge in [-0.3, -0.25) is 4.79 Å². The first-order valence-corrected chi connectivity index (χ1v) is 8.14. The average molecular weight is 299 g/mol. The minimum atomic E-state index is 0.107. The summed E-state index contributed by atoms with van der Waals surface area (Å²) in [4.78, 5) is 13.0. The van der Waals surface area contributed by atoms with E-state index in [4.69, 9.17) is 0 Å². The quantitative estimate of drug-likeness (QED) is 0.814. The molecule has 0 bridgehead atoms. The maximum absolute atomic E-state index is 11.8. The summed E-state index contributed by atoms with van der Waals surface area (Å²) in [6, 6.07) is 16.6. The van der Waals surface area contributed by atoms with Crippen molar-refractivity contribution in [2.24, 2.45) is 0 Å². The molecule has 0 aliphatic carbocycles. The van der Waals surface area contributed by atoms with Gasteiger partial charge in [-0.2, -0.15) is 0 Å². The second-order valence-corrected chi connectivity index (χ2v) is 6.34. The molecule has 21 heavy (non-hydrogen) atoms. The topological polar surface area (TPSA) is 29.1 Å². The third kappa shape index (κ3) is 5.64. The summed E-state index contributed by atoms with van der Waals surface area (Å²) in [6.07, 6.45) is 0.546. The van der Waals surface area contributed by atoms with Crippen LogP contribution in [0.4, 0.5) is 0 Å². The van der Waals surface area contributed by atoms with Crippen LogP contribution in [-0.2, 0) is 11.3 Å². The van der Waals surface area contributed by atoms with E-state index in [2.05, 4.69) is 67.7 Å². The van der Waals surface area contributed by atoms with Crippen LogP contribution < -0.4 is 5.32 Å². The van der Waals surface area contributed by atoms with Crippen molar-refractivity contribution in [2.45, 2.75) is 31.7 Å². The molecule has 0 unspecified atom stereocenters. The summed E-state index contributed by atoms with van der Waals surface area (Å²) in [5, 5.41) is 2.96. The molecule has 0 saturated heterocycles. The van der Waals surface area contributed by atoms with Gasteiger partial charge >= 0.3 is 0 Å². The summed E-state index contributed by atoms with van der Waals surface area (Å²) < 4.78 is 0. The number of amides is 1. The molecule has 2 rings (SSSR count). The highest BCUT2D eigenvalue weighted by atomic mass is 32.2. The molecule has 0 aromatic heterocycles. The smallest absolute Gasteiger partial charge is 0.221 e. The fourth-order valence-electron chi connectivity index (χ4n) is 1.89. The van der Waals surface area contributed by atoms with E-state index in [0.29, 0.717) is 13.0 Å². The standard InChI is InChI=1S/C18H21NOS/c1-14-3-7-16(8-4-14)13-19-18(20)11-12-21-17-9-5-15(2)6-10-17/h3-10H,11-13H2,1-2H3,(H,19,20). The minimum absolute atomic E-state index is 0.107. The van der Waals surface area contributed by atoms with Crippen LogP contribution in [0.5, 0.6) is 0 Å². The summed E-state index contributed by atoms with van der Waals surface area (Å²) in [5.74, 6) is 0.915. The summed E-state index contributed by atoms with van der Waals surface area (Å²) in [5.41, 5.74) is 3.63. The van der Waals surface area contributed by atoms with Crippen LogP contribution in [0.3, 0.4) is 0 Å². The molecule has 2 nitrogen and oxygen atoms in total. The molecule has 0 atom stereocenters. The molecule has 1 amide bonds. The van der Waals surface area contributed by atoms with Crippen LogP contribution in [0, 0.1) is 13.8 Å². The van der Waals surface area contributed by atoms with Crippen molar-refractivity contribution in [3.8, 4) is 0 Å². The van der Waals surface area contributed by atoms with Gasteiger partial charge in [0.15, 0.2) is 0 Å². The molecule has 0 saturated carbocycles. The van der Waals surface area contributed by atoms with Gasteiger partial charge < -0.3 is 5.32 Å². The van der Waals surface area contributed by atoms with E-state index >= 15 is 0 Å². The van der Waals surface area contributed by atoms with Crippen molar-refractivity contribution in [3.63, 3.8) is 0 Å². The molecule has 1 N–H and O–H groups in total. The Morgan fingerprint density at radius 2 is 1.52 bits per heavy atom. The van der Waals surface area contributed by atoms with Gasteiger partial charge in [-0.05, 0) is 31.5 Å². The van der Waals surface area contributed by atoms with Gasteiger partial charge in [0, 0.05) is 23.6 Å². The highest BCUT2D eigenvalue weighted by Gasteiger charge is 2.02. The number of hydrogen-bond donors (Lipinski definition) is 1. The maximum Gasteiger partial charge on any atom is 0.221 e. The summed E-state index contributed by atoms with van der Waals surface area (Å²) in [7, 11) is 0. The Labute approximate surface area is 131 Å². The van der Waals surface area contributed by atoms with Crippen LogP contribution in [0.1, 0.15) is 23.1 Å². The molecule has 2 aromatic rings. The van der Waals surface area contributed by atoms with Gasteiger partial charge in [-0.1, -0.05) is 47.5 Å². The minimum Gasteiger partial charge on any atom is -0.352 e. The number of nitrogens with one attached hydrogen (secondary N) is 1. The Kier molecular flexibility index (Phi) is 5.88. The Morgan fingerprint density at radius 3 is 2.14 bits per heavy atom. The number of thioether (sulfide) groups is 1. The lowest BCUT2D eigenvalue weighted by Crippen LogP contribution is -2.22. The first-order valence-electron chi connectivity index (χ1n) is 7.15. The normalized spacial score (nSPS) is 10.4. The number of benzene rings is 2. The molecule has 0 aliphatic heterocycles. The van der Waals surface area contributed by atoms with Gasteiger partial charge in [0.25, 0.3) is 0 Å². The highest BCUT2D eigenvalue weighted by molar-refractivity contribution is 7.99. The Bertz CT molecular complexity index is 575. The van der Waals surface area contributed by atoms with Crippen molar-refractivity contribution in [2.75, 3.05) is 5.75 Å². The third-order valence-electron chi connectivity index (χ3n) is 3.23. The van der Waals surface area contributed by atoms with E-state index < -0.39 is 0 Å². The fraction of sp³-hybridized carbons (Fsp3) is 0.278. The molecular formula is C18H21NOS. The lowest BCUT2D eigenvalue weighted by Gasteiger charge is -2.06. The number of carbonyl (C=O) groups is 1. The molecule has 110 valence electrons. The zero-order valence-corrected chi connectivity index (χ0v) is 13.4. The van der Waals surface area contributed by atoms with E-state index in [0.717, 1.165) is 11.3 Å². The predicted octanol–water partition coefficient (Wildman–Crippen LogP) is 4.10. The van der Waals surface area contributed by atoms with E-state index in [1.54, 1.807) is 11.8 Å². The molecule has 0 spiro atoms. The molecule has 0 fully saturated rings. The van der Waals surface area contributed by atoms with Gasteiger partial charge in [-0.25, -0.2) is 0 Å². The van der Waals surface area contributed by atoms with Crippen LogP contribution in [0.2, 0.25) is 0 Å². The third-order valence-corrected chi connectivity index (χ3v) is 4.24. The number of carbonyl (C=O) groups excluding carboxylic acids is 1. The van der Waals surface area contributed by atoms with Crippen molar-refractivity contribution < 1.29 is 4.79 Å². The van der Waals surface area contributed by atoms with Gasteiger partial charge in [-0.15, -0.1) is 11.8 Å². The second kappa shape index (κ2) is 7.89.